The normalized spacial score (nSPS) is 14.4. The van der Waals surface area contributed by atoms with Crippen LogP contribution in [0.2, 0.25) is 0 Å². The van der Waals surface area contributed by atoms with Crippen molar-refractivity contribution in [3.05, 3.63) is 134 Å². The highest BCUT2D eigenvalue weighted by Crippen LogP contribution is 2.38. The summed E-state index contributed by atoms with van der Waals surface area (Å²) in [5, 5.41) is 0. The zero-order chi connectivity index (χ0) is 52.7. The first kappa shape index (κ1) is 68.2. The standard InChI is InChI=1S/C62H102NO8P/c1-6-8-10-12-14-16-18-20-22-23-24-25-26-27-28-29-30-31-32-33-34-35-36-37-38-39-41-43-45-47-49-51-53-55-62(65)71-60(59-70-72(66,67)69-57-56-63(3,4)5)58-68-61(64)54-52-50-48-46-44-42-40-21-19-17-15-13-11-9-7-2/h8,10,14,16,20-22,24-25,27-28,30-31,33-34,36-37,39-41,45,47,60H,6-7,9,11-13,15,17-19,23,26,29,32,35,38,42-44,46,48-59H2,1-5H3/b10-8-,16-14-,22-20-,25-24-,28-27-,31-30-,34-33-,37-36-,40-21-,41-39-,47-45-. The number of likely N-dealkylation sites (N-methyl/N-ethyl adjacent to an activating group) is 1. The van der Waals surface area contributed by atoms with Crippen molar-refractivity contribution >= 4 is 19.8 Å². The molecule has 0 fully saturated rings. The fraction of sp³-hybridized carbons (Fsp3) is 0.613. The number of unbranched alkanes of at least 4 members (excludes halogenated alkanes) is 13. The molecule has 2 unspecified atom stereocenters. The van der Waals surface area contributed by atoms with Crippen molar-refractivity contribution < 1.29 is 42.1 Å². The molecular formula is C62H102NO8P. The highest BCUT2D eigenvalue weighted by molar-refractivity contribution is 7.45. The van der Waals surface area contributed by atoms with Crippen molar-refractivity contribution in [1.82, 2.24) is 0 Å². The van der Waals surface area contributed by atoms with E-state index in [0.29, 0.717) is 23.9 Å². The summed E-state index contributed by atoms with van der Waals surface area (Å²) < 4.78 is 34.0. The number of hydrogen-bond acceptors (Lipinski definition) is 8. The Labute approximate surface area is 441 Å². The molecule has 9 nitrogen and oxygen atoms in total. The van der Waals surface area contributed by atoms with E-state index in [0.717, 1.165) is 109 Å². The van der Waals surface area contributed by atoms with Crippen molar-refractivity contribution in [2.75, 3.05) is 47.5 Å². The molecule has 0 spiro atoms. The van der Waals surface area contributed by atoms with Crippen LogP contribution >= 0.6 is 7.82 Å². The highest BCUT2D eigenvalue weighted by Gasteiger charge is 2.21. The molecule has 2 atom stereocenters. The zero-order valence-electron chi connectivity index (χ0n) is 46.1. The minimum atomic E-state index is -4.66. The summed E-state index contributed by atoms with van der Waals surface area (Å²) in [5.41, 5.74) is 0. The van der Waals surface area contributed by atoms with E-state index in [2.05, 4.69) is 148 Å². The minimum absolute atomic E-state index is 0.0481. The molecule has 0 saturated carbocycles. The molecule has 0 saturated heterocycles. The summed E-state index contributed by atoms with van der Waals surface area (Å²) in [4.78, 5) is 37.7. The molecule has 0 radical (unpaired) electrons. The van der Waals surface area contributed by atoms with Gasteiger partial charge < -0.3 is 27.9 Å². The molecule has 408 valence electrons. The van der Waals surface area contributed by atoms with E-state index in [-0.39, 0.29) is 26.1 Å². The number of carbonyl (C=O) groups excluding carboxylic acids is 2. The predicted molar refractivity (Wildman–Crippen MR) is 304 cm³/mol. The van der Waals surface area contributed by atoms with Crippen molar-refractivity contribution in [2.45, 2.75) is 200 Å². The van der Waals surface area contributed by atoms with Crippen LogP contribution in [0.1, 0.15) is 194 Å². The smallest absolute Gasteiger partial charge is 0.306 e. The summed E-state index contributed by atoms with van der Waals surface area (Å²) in [6.07, 6.45) is 75.0. The Morgan fingerprint density at radius 2 is 0.792 bits per heavy atom. The molecule has 10 heteroatoms. The van der Waals surface area contributed by atoms with Crippen LogP contribution in [0.3, 0.4) is 0 Å². The average Bonchev–Trinajstić information content (AvgIpc) is 3.34. The molecule has 0 bridgehead atoms. The maximum Gasteiger partial charge on any atom is 0.306 e. The Hall–Kier alpha value is -3.85. The van der Waals surface area contributed by atoms with Crippen LogP contribution in [0.25, 0.3) is 0 Å². The molecule has 0 heterocycles. The number of esters is 2. The first-order valence-electron chi connectivity index (χ1n) is 27.9. The molecule has 0 amide bonds. The number of quaternary nitrogens is 1. The van der Waals surface area contributed by atoms with Crippen LogP contribution in [-0.4, -0.2) is 70.0 Å². The lowest BCUT2D eigenvalue weighted by Gasteiger charge is -2.28. The quantitative estimate of drug-likeness (QED) is 0.0195. The van der Waals surface area contributed by atoms with Crippen LogP contribution in [0.5, 0.6) is 0 Å². The third kappa shape index (κ3) is 55.5. The number of ether oxygens (including phenoxy) is 2. The van der Waals surface area contributed by atoms with Crippen molar-refractivity contribution in [2.24, 2.45) is 0 Å². The van der Waals surface area contributed by atoms with Gasteiger partial charge >= 0.3 is 11.9 Å². The van der Waals surface area contributed by atoms with Gasteiger partial charge in [-0.25, -0.2) is 0 Å². The summed E-state index contributed by atoms with van der Waals surface area (Å²) in [6.45, 7) is 4.03. The Balaban J connectivity index is 4.32. The number of nitrogens with zero attached hydrogens (tertiary/aromatic N) is 1. The second-order valence-electron chi connectivity index (χ2n) is 19.2. The van der Waals surface area contributed by atoms with E-state index < -0.39 is 32.5 Å². The van der Waals surface area contributed by atoms with Crippen molar-refractivity contribution in [3.8, 4) is 0 Å². The summed E-state index contributed by atoms with van der Waals surface area (Å²) in [7, 11) is 1.11. The minimum Gasteiger partial charge on any atom is -0.756 e. The van der Waals surface area contributed by atoms with Gasteiger partial charge in [-0.3, -0.25) is 14.2 Å². The van der Waals surface area contributed by atoms with E-state index in [1.54, 1.807) is 0 Å². The Bertz CT molecular complexity index is 1670. The van der Waals surface area contributed by atoms with Gasteiger partial charge in [-0.1, -0.05) is 199 Å². The van der Waals surface area contributed by atoms with E-state index in [1.807, 2.05) is 21.1 Å². The fourth-order valence-corrected chi connectivity index (χ4v) is 7.58. The van der Waals surface area contributed by atoms with Gasteiger partial charge in [0.25, 0.3) is 7.82 Å². The van der Waals surface area contributed by atoms with Gasteiger partial charge in [0.1, 0.15) is 19.8 Å². The molecule has 0 aromatic rings. The van der Waals surface area contributed by atoms with Crippen LogP contribution in [0.15, 0.2) is 134 Å². The number of phosphoric acid groups is 1. The number of hydrogen-bond donors (Lipinski definition) is 0. The largest absolute Gasteiger partial charge is 0.756 e. The fourth-order valence-electron chi connectivity index (χ4n) is 6.85. The predicted octanol–water partition coefficient (Wildman–Crippen LogP) is 16.7. The molecular weight excluding hydrogens is 918 g/mol. The lowest BCUT2D eigenvalue weighted by molar-refractivity contribution is -0.870. The molecule has 0 N–H and O–H groups in total. The maximum absolute atomic E-state index is 12.8. The van der Waals surface area contributed by atoms with Crippen LogP contribution in [-0.2, 0) is 32.7 Å². The average molecular weight is 1020 g/mol. The van der Waals surface area contributed by atoms with Crippen LogP contribution in [0, 0.1) is 0 Å². The van der Waals surface area contributed by atoms with E-state index in [9.17, 15) is 19.0 Å². The first-order valence-corrected chi connectivity index (χ1v) is 29.4. The van der Waals surface area contributed by atoms with Gasteiger partial charge in [-0.2, -0.15) is 0 Å². The van der Waals surface area contributed by atoms with E-state index in [4.69, 9.17) is 18.5 Å². The Morgan fingerprint density at radius 3 is 1.22 bits per heavy atom. The highest BCUT2D eigenvalue weighted by atomic mass is 31.2. The molecule has 0 rings (SSSR count). The van der Waals surface area contributed by atoms with Crippen molar-refractivity contribution in [1.29, 1.82) is 0 Å². The third-order valence-electron chi connectivity index (χ3n) is 11.2. The SMILES string of the molecule is CC/C=C\C/C=C\C/C=C\C/C=C\C/C=C\C/C=C\C/C=C\C/C=C\C/C=C\C/C=C\CCCCC(=O)OC(COC(=O)CCCCCCC/C=C\CCCCCCCC)COP(=O)([O-])OCC[N+](C)(C)C. The molecule has 0 aromatic heterocycles. The summed E-state index contributed by atoms with van der Waals surface area (Å²) in [6, 6.07) is 0. The van der Waals surface area contributed by atoms with Crippen LogP contribution in [0.4, 0.5) is 0 Å². The molecule has 0 aliphatic heterocycles. The second kappa shape index (κ2) is 52.0. The number of rotatable bonds is 49. The van der Waals surface area contributed by atoms with Crippen LogP contribution < -0.4 is 4.89 Å². The van der Waals surface area contributed by atoms with Gasteiger partial charge in [0.05, 0.1) is 27.7 Å². The summed E-state index contributed by atoms with van der Waals surface area (Å²) >= 11 is 0. The lowest BCUT2D eigenvalue weighted by atomic mass is 10.1. The van der Waals surface area contributed by atoms with Gasteiger partial charge in [-0.05, 0) is 116 Å². The molecule has 0 aliphatic rings. The summed E-state index contributed by atoms with van der Waals surface area (Å²) in [5.74, 6) is -0.906. The first-order chi connectivity index (χ1) is 35.0. The molecule has 72 heavy (non-hydrogen) atoms. The zero-order valence-corrected chi connectivity index (χ0v) is 47.0. The van der Waals surface area contributed by atoms with Gasteiger partial charge in [-0.15, -0.1) is 0 Å². The number of allylic oxidation sites excluding steroid dienone is 22. The monoisotopic (exact) mass is 1020 g/mol. The second-order valence-corrected chi connectivity index (χ2v) is 20.6. The van der Waals surface area contributed by atoms with Gasteiger partial charge in [0, 0.05) is 12.8 Å². The van der Waals surface area contributed by atoms with E-state index >= 15 is 0 Å². The Morgan fingerprint density at radius 1 is 0.444 bits per heavy atom. The topological polar surface area (TPSA) is 111 Å². The maximum atomic E-state index is 12.8. The number of phosphoric ester groups is 1. The molecule has 0 aromatic carbocycles. The molecule has 0 aliphatic carbocycles. The van der Waals surface area contributed by atoms with E-state index in [1.165, 1.54) is 44.9 Å². The van der Waals surface area contributed by atoms with Crippen molar-refractivity contribution in [3.63, 3.8) is 0 Å². The van der Waals surface area contributed by atoms with Gasteiger partial charge in [0.15, 0.2) is 6.10 Å². The third-order valence-corrected chi connectivity index (χ3v) is 12.1. The lowest BCUT2D eigenvalue weighted by Crippen LogP contribution is -2.37. The Kier molecular flexibility index (Phi) is 49.2. The van der Waals surface area contributed by atoms with Gasteiger partial charge in [0.2, 0.25) is 0 Å². The number of carbonyl (C=O) groups is 2.